The lowest BCUT2D eigenvalue weighted by molar-refractivity contribution is -0.121. The van der Waals surface area contributed by atoms with Crippen LogP contribution in [0.2, 0.25) is 0 Å². The molecule has 0 saturated heterocycles. The second-order valence-electron chi connectivity index (χ2n) is 8.00. The highest BCUT2D eigenvalue weighted by molar-refractivity contribution is 5.80. The lowest BCUT2D eigenvalue weighted by atomic mass is 10.0. The Morgan fingerprint density at radius 1 is 1.14 bits per heavy atom. The summed E-state index contributed by atoms with van der Waals surface area (Å²) < 4.78 is 15.2. The molecule has 0 aliphatic carbocycles. The molecule has 2 aromatic heterocycles. The predicted molar refractivity (Wildman–Crippen MR) is 113 cm³/mol. The molecule has 0 aliphatic heterocycles. The summed E-state index contributed by atoms with van der Waals surface area (Å²) in [5.74, 6) is 0.370. The topological polar surface area (TPSA) is 59.3 Å². The number of carbonyl (C=O) groups is 1. The summed E-state index contributed by atoms with van der Waals surface area (Å²) in [7, 11) is 0. The summed E-state index contributed by atoms with van der Waals surface area (Å²) in [6.07, 6.45) is 2.03. The largest absolute Gasteiger partial charge is 0.356 e. The fourth-order valence-electron chi connectivity index (χ4n) is 3.61. The number of amides is 1. The third kappa shape index (κ3) is 4.63. The van der Waals surface area contributed by atoms with Crippen molar-refractivity contribution in [1.29, 1.82) is 0 Å². The minimum absolute atomic E-state index is 0.0631. The summed E-state index contributed by atoms with van der Waals surface area (Å²) in [5, 5.41) is 7.66. The van der Waals surface area contributed by atoms with Crippen LogP contribution in [0.15, 0.2) is 24.3 Å². The first kappa shape index (κ1) is 21.0. The number of hydrogen-bond donors (Lipinski definition) is 1. The summed E-state index contributed by atoms with van der Waals surface area (Å²) in [4.78, 5) is 17.0. The molecule has 0 radical (unpaired) electrons. The standard InChI is InChI=1S/C23H29FN4O/c1-14(2)12-13-25-21(29)11-10-20-15(3)26-23-22(16(4)27-28(23)17(20)5)18-6-8-19(24)9-7-18/h6-9,14H,10-13H2,1-5H3,(H,25,29). The molecule has 5 nitrogen and oxygen atoms in total. The van der Waals surface area contributed by atoms with Gasteiger partial charge in [0.05, 0.1) is 5.69 Å². The van der Waals surface area contributed by atoms with E-state index in [9.17, 15) is 9.18 Å². The lowest BCUT2D eigenvalue weighted by Gasteiger charge is -2.12. The summed E-state index contributed by atoms with van der Waals surface area (Å²) >= 11 is 0. The van der Waals surface area contributed by atoms with Crippen molar-refractivity contribution in [2.75, 3.05) is 6.54 Å². The van der Waals surface area contributed by atoms with Gasteiger partial charge in [0.1, 0.15) is 5.82 Å². The molecule has 0 atom stereocenters. The first-order valence-corrected chi connectivity index (χ1v) is 10.2. The molecule has 1 aromatic carbocycles. The van der Waals surface area contributed by atoms with Gasteiger partial charge < -0.3 is 5.32 Å². The fourth-order valence-corrected chi connectivity index (χ4v) is 3.61. The van der Waals surface area contributed by atoms with Crippen LogP contribution in [0.1, 0.15) is 49.3 Å². The van der Waals surface area contributed by atoms with Crippen molar-refractivity contribution in [2.45, 2.75) is 53.9 Å². The van der Waals surface area contributed by atoms with Crippen LogP contribution in [0.5, 0.6) is 0 Å². The normalized spacial score (nSPS) is 11.4. The third-order valence-corrected chi connectivity index (χ3v) is 5.28. The summed E-state index contributed by atoms with van der Waals surface area (Å²) in [5.41, 5.74) is 6.33. The Morgan fingerprint density at radius 3 is 2.48 bits per heavy atom. The highest BCUT2D eigenvalue weighted by Gasteiger charge is 2.18. The number of fused-ring (bicyclic) bond motifs is 1. The molecule has 1 N–H and O–H groups in total. The fraction of sp³-hybridized carbons (Fsp3) is 0.435. The highest BCUT2D eigenvalue weighted by atomic mass is 19.1. The van der Waals surface area contributed by atoms with Crippen LogP contribution in [0, 0.1) is 32.5 Å². The molecule has 0 unspecified atom stereocenters. The van der Waals surface area contributed by atoms with E-state index in [-0.39, 0.29) is 11.7 Å². The van der Waals surface area contributed by atoms with Crippen LogP contribution < -0.4 is 5.32 Å². The number of hydrogen-bond acceptors (Lipinski definition) is 3. The van der Waals surface area contributed by atoms with E-state index in [0.717, 1.165) is 45.8 Å². The van der Waals surface area contributed by atoms with Gasteiger partial charge in [-0.3, -0.25) is 4.79 Å². The molecule has 0 fully saturated rings. The molecule has 29 heavy (non-hydrogen) atoms. The SMILES string of the molecule is Cc1nc2c(-c3ccc(F)cc3)c(C)nn2c(C)c1CCC(=O)NCCC(C)C. The molecule has 3 rings (SSSR count). The Balaban J connectivity index is 1.86. The summed E-state index contributed by atoms with van der Waals surface area (Å²) in [6, 6.07) is 6.40. The number of aromatic nitrogens is 3. The average molecular weight is 397 g/mol. The Hall–Kier alpha value is -2.76. The number of rotatable bonds is 7. The molecular formula is C23H29FN4O. The van der Waals surface area contributed by atoms with Gasteiger partial charge in [-0.25, -0.2) is 13.9 Å². The average Bonchev–Trinajstić information content (AvgIpc) is 2.98. The van der Waals surface area contributed by atoms with Crippen molar-refractivity contribution in [2.24, 2.45) is 5.92 Å². The second kappa shape index (κ2) is 8.72. The maximum atomic E-state index is 13.3. The van der Waals surface area contributed by atoms with Gasteiger partial charge in [0.25, 0.3) is 0 Å². The number of carbonyl (C=O) groups excluding carboxylic acids is 1. The number of nitrogens with zero attached hydrogens (tertiary/aromatic N) is 3. The van der Waals surface area contributed by atoms with Crippen molar-refractivity contribution >= 4 is 11.6 Å². The highest BCUT2D eigenvalue weighted by Crippen LogP contribution is 2.29. The maximum Gasteiger partial charge on any atom is 0.220 e. The molecule has 0 spiro atoms. The molecule has 0 aliphatic rings. The minimum atomic E-state index is -0.267. The first-order valence-electron chi connectivity index (χ1n) is 10.2. The number of benzene rings is 1. The van der Waals surface area contributed by atoms with Crippen LogP contribution in [-0.2, 0) is 11.2 Å². The monoisotopic (exact) mass is 396 g/mol. The molecule has 154 valence electrons. The molecule has 0 bridgehead atoms. The van der Waals surface area contributed by atoms with Crippen molar-refractivity contribution < 1.29 is 9.18 Å². The van der Waals surface area contributed by atoms with E-state index in [1.165, 1.54) is 12.1 Å². The Kier molecular flexibility index (Phi) is 6.30. The molecule has 2 heterocycles. The van der Waals surface area contributed by atoms with Gasteiger partial charge in [-0.2, -0.15) is 5.10 Å². The quantitative estimate of drug-likeness (QED) is 0.637. The van der Waals surface area contributed by atoms with Gasteiger partial charge in [-0.1, -0.05) is 26.0 Å². The van der Waals surface area contributed by atoms with E-state index in [1.807, 2.05) is 25.3 Å². The number of halogens is 1. The zero-order chi connectivity index (χ0) is 21.1. The molecule has 3 aromatic rings. The molecule has 0 saturated carbocycles. The molecule has 6 heteroatoms. The maximum absolute atomic E-state index is 13.3. The van der Waals surface area contributed by atoms with E-state index in [4.69, 9.17) is 4.98 Å². The Labute approximate surface area is 171 Å². The minimum Gasteiger partial charge on any atom is -0.356 e. The number of nitrogens with one attached hydrogen (secondary N) is 1. The molecular weight excluding hydrogens is 367 g/mol. The van der Waals surface area contributed by atoms with E-state index in [1.54, 1.807) is 12.1 Å². The van der Waals surface area contributed by atoms with Gasteiger partial charge in [0.15, 0.2) is 5.65 Å². The van der Waals surface area contributed by atoms with Crippen LogP contribution in [0.4, 0.5) is 4.39 Å². The smallest absolute Gasteiger partial charge is 0.220 e. The Morgan fingerprint density at radius 2 is 1.83 bits per heavy atom. The van der Waals surface area contributed by atoms with Gasteiger partial charge in [0.2, 0.25) is 5.91 Å². The van der Waals surface area contributed by atoms with E-state index in [2.05, 4.69) is 24.3 Å². The lowest BCUT2D eigenvalue weighted by Crippen LogP contribution is -2.25. The van der Waals surface area contributed by atoms with Crippen molar-refractivity contribution in [3.63, 3.8) is 0 Å². The predicted octanol–water partition coefficient (Wildman–Crippen LogP) is 4.56. The van der Waals surface area contributed by atoms with Crippen LogP contribution in [-0.4, -0.2) is 27.0 Å². The van der Waals surface area contributed by atoms with Crippen LogP contribution >= 0.6 is 0 Å². The van der Waals surface area contributed by atoms with E-state index in [0.29, 0.717) is 25.3 Å². The Bertz CT molecular complexity index is 1020. The van der Waals surface area contributed by atoms with Gasteiger partial charge in [0, 0.05) is 29.9 Å². The third-order valence-electron chi connectivity index (χ3n) is 5.28. The van der Waals surface area contributed by atoms with Crippen LogP contribution in [0.3, 0.4) is 0 Å². The van der Waals surface area contributed by atoms with Crippen molar-refractivity contribution in [1.82, 2.24) is 19.9 Å². The number of aryl methyl sites for hydroxylation is 3. The zero-order valence-electron chi connectivity index (χ0n) is 17.8. The van der Waals surface area contributed by atoms with Gasteiger partial charge in [-0.05, 0) is 62.8 Å². The van der Waals surface area contributed by atoms with Crippen molar-refractivity contribution in [3.05, 3.63) is 52.7 Å². The van der Waals surface area contributed by atoms with Crippen LogP contribution in [0.25, 0.3) is 16.8 Å². The zero-order valence-corrected chi connectivity index (χ0v) is 17.8. The summed E-state index contributed by atoms with van der Waals surface area (Å²) in [6.45, 7) is 10.9. The van der Waals surface area contributed by atoms with E-state index >= 15 is 0 Å². The van der Waals surface area contributed by atoms with Crippen molar-refractivity contribution in [3.8, 4) is 11.1 Å². The molecule has 1 amide bonds. The second-order valence-corrected chi connectivity index (χ2v) is 8.00. The van der Waals surface area contributed by atoms with E-state index < -0.39 is 0 Å². The van der Waals surface area contributed by atoms with Gasteiger partial charge >= 0.3 is 0 Å². The first-order chi connectivity index (χ1) is 13.8. The van der Waals surface area contributed by atoms with Gasteiger partial charge in [-0.15, -0.1) is 0 Å².